The molecule has 2 saturated carbocycles. The molecule has 6 heteroatoms. The molecule has 2 heterocycles. The Hall–Kier alpha value is 0.140. The minimum atomic E-state index is -1.53. The SMILES string of the molecule is O=C(OCC(Cl)(Cl)Cl)N1C2CC3CC(C2)CC1C3. The van der Waals surface area contributed by atoms with Crippen LogP contribution < -0.4 is 0 Å². The van der Waals surface area contributed by atoms with Crippen LogP contribution in [0.5, 0.6) is 0 Å². The normalized spacial score (nSPS) is 38.1. The number of nitrogens with zero attached hydrogens (tertiary/aromatic N) is 1. The summed E-state index contributed by atoms with van der Waals surface area (Å²) in [5, 5.41) is 0. The van der Waals surface area contributed by atoms with E-state index in [0.29, 0.717) is 12.1 Å². The number of amides is 1. The average molecular weight is 313 g/mol. The quantitative estimate of drug-likeness (QED) is 0.690. The van der Waals surface area contributed by atoms with Crippen LogP contribution in [0.15, 0.2) is 0 Å². The number of rotatable bonds is 1. The molecule has 4 fully saturated rings. The maximum atomic E-state index is 12.1. The fourth-order valence-corrected chi connectivity index (χ4v) is 4.21. The Bertz CT molecular complexity index is 328. The highest BCUT2D eigenvalue weighted by Crippen LogP contribution is 2.49. The van der Waals surface area contributed by atoms with Crippen molar-refractivity contribution < 1.29 is 9.53 Å². The molecule has 18 heavy (non-hydrogen) atoms. The number of carbonyl (C=O) groups is 1. The summed E-state index contributed by atoms with van der Waals surface area (Å²) < 4.78 is 3.60. The van der Waals surface area contributed by atoms with Crippen LogP contribution in [0.25, 0.3) is 0 Å². The summed E-state index contributed by atoms with van der Waals surface area (Å²) in [6.45, 7) is -0.181. The summed E-state index contributed by atoms with van der Waals surface area (Å²) in [6.07, 6.45) is 5.52. The van der Waals surface area contributed by atoms with Crippen LogP contribution in [0, 0.1) is 11.8 Å². The molecule has 2 aliphatic heterocycles. The molecule has 0 unspecified atom stereocenters. The van der Waals surface area contributed by atoms with Crippen molar-refractivity contribution in [3.8, 4) is 0 Å². The molecule has 0 radical (unpaired) electrons. The van der Waals surface area contributed by atoms with Gasteiger partial charge in [-0.05, 0) is 43.9 Å². The van der Waals surface area contributed by atoms with Gasteiger partial charge in [-0.3, -0.25) is 0 Å². The van der Waals surface area contributed by atoms with E-state index in [1.54, 1.807) is 0 Å². The van der Waals surface area contributed by atoms with Crippen molar-refractivity contribution in [3.63, 3.8) is 0 Å². The summed E-state index contributed by atoms with van der Waals surface area (Å²) in [7, 11) is 0. The van der Waals surface area contributed by atoms with Gasteiger partial charge in [-0.25, -0.2) is 4.79 Å². The summed E-state index contributed by atoms with van der Waals surface area (Å²) >= 11 is 16.8. The van der Waals surface area contributed by atoms with Gasteiger partial charge in [0.15, 0.2) is 0 Å². The molecular formula is C12H16Cl3NO2. The van der Waals surface area contributed by atoms with Crippen LogP contribution in [0.4, 0.5) is 4.79 Å². The molecule has 4 bridgehead atoms. The largest absolute Gasteiger partial charge is 0.445 e. The van der Waals surface area contributed by atoms with Crippen LogP contribution in [0.1, 0.15) is 32.1 Å². The van der Waals surface area contributed by atoms with Gasteiger partial charge < -0.3 is 9.64 Å². The van der Waals surface area contributed by atoms with Gasteiger partial charge in [0, 0.05) is 12.1 Å². The van der Waals surface area contributed by atoms with E-state index in [2.05, 4.69) is 0 Å². The molecule has 0 aromatic heterocycles. The van der Waals surface area contributed by atoms with E-state index < -0.39 is 3.79 Å². The minimum absolute atomic E-state index is 0.181. The standard InChI is InChI=1S/C12H16Cl3NO2/c13-12(14,15)6-18-11(17)16-9-2-7-1-8(4-9)5-10(16)3-7/h7-10H,1-6H2. The topological polar surface area (TPSA) is 29.5 Å². The fourth-order valence-electron chi connectivity index (χ4n) is 4.05. The molecule has 0 N–H and O–H groups in total. The smallest absolute Gasteiger partial charge is 0.410 e. The first-order chi connectivity index (χ1) is 8.42. The third-order valence-corrected chi connectivity index (χ3v) is 4.77. The Balaban J connectivity index is 1.64. The van der Waals surface area contributed by atoms with E-state index in [1.807, 2.05) is 4.90 Å². The Morgan fingerprint density at radius 1 is 1.06 bits per heavy atom. The highest BCUT2D eigenvalue weighted by Gasteiger charge is 2.49. The summed E-state index contributed by atoms with van der Waals surface area (Å²) in [5.74, 6) is 1.62. The molecule has 4 aliphatic rings. The molecule has 0 spiro atoms. The molecule has 0 atom stereocenters. The molecule has 102 valence electrons. The van der Waals surface area contributed by atoms with Crippen molar-refractivity contribution in [2.45, 2.75) is 48.0 Å². The van der Waals surface area contributed by atoms with E-state index in [4.69, 9.17) is 39.5 Å². The number of carbonyl (C=O) groups excluding carboxylic acids is 1. The lowest BCUT2D eigenvalue weighted by atomic mass is 9.64. The number of ether oxygens (including phenoxy) is 1. The summed E-state index contributed by atoms with van der Waals surface area (Å²) in [5.41, 5.74) is 0. The number of hydrogen-bond acceptors (Lipinski definition) is 2. The van der Waals surface area contributed by atoms with Crippen molar-refractivity contribution in [2.24, 2.45) is 11.8 Å². The zero-order valence-electron chi connectivity index (χ0n) is 9.95. The number of hydrogen-bond donors (Lipinski definition) is 0. The van der Waals surface area contributed by atoms with E-state index >= 15 is 0 Å². The maximum absolute atomic E-state index is 12.1. The van der Waals surface area contributed by atoms with Gasteiger partial charge in [-0.15, -0.1) is 0 Å². The lowest BCUT2D eigenvalue weighted by Crippen LogP contribution is -2.60. The van der Waals surface area contributed by atoms with Crippen LogP contribution in [-0.2, 0) is 4.74 Å². The van der Waals surface area contributed by atoms with Gasteiger partial charge in [0.25, 0.3) is 0 Å². The highest BCUT2D eigenvalue weighted by atomic mass is 35.6. The van der Waals surface area contributed by atoms with Crippen LogP contribution >= 0.6 is 34.8 Å². The zero-order chi connectivity index (χ0) is 12.9. The zero-order valence-corrected chi connectivity index (χ0v) is 12.2. The molecule has 2 saturated heterocycles. The lowest BCUT2D eigenvalue weighted by Gasteiger charge is -2.55. The van der Waals surface area contributed by atoms with Crippen LogP contribution in [0.2, 0.25) is 0 Å². The van der Waals surface area contributed by atoms with Crippen LogP contribution in [0.3, 0.4) is 0 Å². The van der Waals surface area contributed by atoms with E-state index in [0.717, 1.165) is 37.5 Å². The maximum Gasteiger partial charge on any atom is 0.410 e. The van der Waals surface area contributed by atoms with Crippen molar-refractivity contribution >= 4 is 40.9 Å². The molecule has 0 aromatic carbocycles. The summed E-state index contributed by atoms with van der Waals surface area (Å²) in [4.78, 5) is 14.0. The van der Waals surface area contributed by atoms with E-state index in [1.165, 1.54) is 6.42 Å². The first-order valence-electron chi connectivity index (χ1n) is 6.44. The lowest BCUT2D eigenvalue weighted by molar-refractivity contribution is -0.0511. The van der Waals surface area contributed by atoms with Crippen molar-refractivity contribution in [1.82, 2.24) is 4.90 Å². The van der Waals surface area contributed by atoms with Crippen molar-refractivity contribution in [3.05, 3.63) is 0 Å². The minimum Gasteiger partial charge on any atom is -0.445 e. The second-order valence-corrected chi connectivity index (χ2v) is 8.31. The van der Waals surface area contributed by atoms with Gasteiger partial charge in [0.05, 0.1) is 0 Å². The van der Waals surface area contributed by atoms with Gasteiger partial charge in [0.2, 0.25) is 3.79 Å². The fraction of sp³-hybridized carbons (Fsp3) is 0.917. The molecule has 2 aliphatic carbocycles. The van der Waals surface area contributed by atoms with Gasteiger partial charge in [0.1, 0.15) is 6.61 Å². The Morgan fingerprint density at radius 2 is 1.56 bits per heavy atom. The van der Waals surface area contributed by atoms with Crippen molar-refractivity contribution in [1.29, 1.82) is 0 Å². The third kappa shape index (κ3) is 2.54. The Labute approximate surface area is 122 Å². The first kappa shape index (κ1) is 13.1. The first-order valence-corrected chi connectivity index (χ1v) is 7.57. The number of piperidine rings is 2. The number of halogens is 3. The monoisotopic (exact) mass is 311 g/mol. The Kier molecular flexibility index (Phi) is 3.36. The van der Waals surface area contributed by atoms with Gasteiger partial charge in [-0.2, -0.15) is 0 Å². The predicted molar refractivity (Wildman–Crippen MR) is 71.1 cm³/mol. The molecular weight excluding hydrogens is 296 g/mol. The second-order valence-electron chi connectivity index (χ2n) is 5.80. The molecule has 0 aromatic rings. The second kappa shape index (κ2) is 4.60. The van der Waals surface area contributed by atoms with Gasteiger partial charge >= 0.3 is 6.09 Å². The Morgan fingerprint density at radius 3 is 2.00 bits per heavy atom. The molecule has 3 nitrogen and oxygen atoms in total. The van der Waals surface area contributed by atoms with E-state index in [-0.39, 0.29) is 12.7 Å². The van der Waals surface area contributed by atoms with Crippen molar-refractivity contribution in [2.75, 3.05) is 6.61 Å². The van der Waals surface area contributed by atoms with Crippen LogP contribution in [-0.4, -0.2) is 33.5 Å². The van der Waals surface area contributed by atoms with E-state index in [9.17, 15) is 4.79 Å². The molecule has 4 rings (SSSR count). The predicted octanol–water partition coefficient (Wildman–Crippen LogP) is 3.76. The van der Waals surface area contributed by atoms with Gasteiger partial charge in [-0.1, -0.05) is 34.8 Å². The summed E-state index contributed by atoms with van der Waals surface area (Å²) in [6, 6.07) is 0.702. The number of alkyl halides is 3. The highest BCUT2D eigenvalue weighted by molar-refractivity contribution is 6.67. The average Bonchev–Trinajstić information content (AvgIpc) is 2.23. The third-order valence-electron chi connectivity index (χ3n) is 4.45. The molecule has 1 amide bonds.